The average molecular weight is 305 g/mol. The van der Waals surface area contributed by atoms with Crippen molar-refractivity contribution in [2.75, 3.05) is 0 Å². The molecule has 20 heavy (non-hydrogen) atoms. The molecular formula is C13H11N3O2S2. The highest BCUT2D eigenvalue weighted by atomic mass is 32.1. The van der Waals surface area contributed by atoms with Gasteiger partial charge >= 0.3 is 5.00 Å². The normalized spacial score (nSPS) is 12.7. The van der Waals surface area contributed by atoms with E-state index in [1.807, 2.05) is 24.3 Å². The molecule has 0 aliphatic heterocycles. The summed E-state index contributed by atoms with van der Waals surface area (Å²) in [5, 5.41) is 13.5. The molecule has 3 rings (SSSR count). The first-order chi connectivity index (χ1) is 9.63. The van der Waals surface area contributed by atoms with Crippen LogP contribution in [0.2, 0.25) is 0 Å². The van der Waals surface area contributed by atoms with Crippen LogP contribution in [0.5, 0.6) is 0 Å². The van der Waals surface area contributed by atoms with Crippen LogP contribution in [0.3, 0.4) is 0 Å². The van der Waals surface area contributed by atoms with E-state index in [9.17, 15) is 10.1 Å². The van der Waals surface area contributed by atoms with E-state index in [0.29, 0.717) is 6.42 Å². The maximum Gasteiger partial charge on any atom is 0.324 e. The number of rotatable bonds is 4. The molecule has 2 aromatic heterocycles. The highest BCUT2D eigenvalue weighted by molar-refractivity contribution is 7.18. The van der Waals surface area contributed by atoms with Crippen molar-refractivity contribution in [1.29, 1.82) is 0 Å². The van der Waals surface area contributed by atoms with Gasteiger partial charge in [-0.1, -0.05) is 23.5 Å². The van der Waals surface area contributed by atoms with Gasteiger partial charge in [0.15, 0.2) is 0 Å². The van der Waals surface area contributed by atoms with Crippen LogP contribution in [0.25, 0.3) is 10.2 Å². The molecule has 1 unspecified atom stereocenters. The zero-order valence-corrected chi connectivity index (χ0v) is 12.0. The van der Waals surface area contributed by atoms with Crippen LogP contribution in [0.4, 0.5) is 5.00 Å². The Bertz CT molecular complexity index is 733. The van der Waals surface area contributed by atoms with Crippen LogP contribution in [0.15, 0.2) is 35.7 Å². The first-order valence-corrected chi connectivity index (χ1v) is 7.66. The standard InChI is InChI=1S/C13H11N3O2S2/c14-9(5-8-6-12(16(17)18)19-7-8)13-15-10-3-1-2-4-11(10)20-13/h1-4,6-7,9H,5,14H2. The summed E-state index contributed by atoms with van der Waals surface area (Å²) in [6, 6.07) is 9.23. The maximum atomic E-state index is 10.7. The van der Waals surface area contributed by atoms with Crippen molar-refractivity contribution in [2.24, 2.45) is 5.73 Å². The third-order valence-electron chi connectivity index (χ3n) is 2.90. The molecule has 0 spiro atoms. The van der Waals surface area contributed by atoms with Gasteiger partial charge in [0.05, 0.1) is 21.2 Å². The van der Waals surface area contributed by atoms with Crippen molar-refractivity contribution in [1.82, 2.24) is 4.98 Å². The van der Waals surface area contributed by atoms with E-state index in [0.717, 1.165) is 32.1 Å². The second-order valence-corrected chi connectivity index (χ2v) is 6.33. The molecule has 0 bridgehead atoms. The van der Waals surface area contributed by atoms with Crippen molar-refractivity contribution in [3.63, 3.8) is 0 Å². The molecule has 0 saturated heterocycles. The number of hydrogen-bond acceptors (Lipinski definition) is 6. The Labute approximate surface area is 122 Å². The second-order valence-electron chi connectivity index (χ2n) is 4.38. The van der Waals surface area contributed by atoms with Gasteiger partial charge in [-0.05, 0) is 24.1 Å². The summed E-state index contributed by atoms with van der Waals surface area (Å²) in [7, 11) is 0. The Balaban J connectivity index is 1.81. The van der Waals surface area contributed by atoms with Gasteiger partial charge in [-0.2, -0.15) is 0 Å². The second kappa shape index (κ2) is 5.28. The van der Waals surface area contributed by atoms with Crippen molar-refractivity contribution >= 4 is 37.9 Å². The molecule has 5 nitrogen and oxygen atoms in total. The number of hydrogen-bond donors (Lipinski definition) is 1. The lowest BCUT2D eigenvalue weighted by Crippen LogP contribution is -2.12. The number of para-hydroxylation sites is 1. The van der Waals surface area contributed by atoms with Gasteiger partial charge in [0.25, 0.3) is 0 Å². The zero-order chi connectivity index (χ0) is 14.1. The van der Waals surface area contributed by atoms with Gasteiger partial charge in [-0.15, -0.1) is 11.3 Å². The van der Waals surface area contributed by atoms with Gasteiger partial charge in [-0.3, -0.25) is 10.1 Å². The number of fused-ring (bicyclic) bond motifs is 1. The first-order valence-electron chi connectivity index (χ1n) is 5.96. The SMILES string of the molecule is NC(Cc1csc([N+](=O)[O-])c1)c1nc2ccccc2s1. The van der Waals surface area contributed by atoms with Gasteiger partial charge in [0.1, 0.15) is 5.01 Å². The minimum Gasteiger partial charge on any atom is -0.322 e. The Morgan fingerprint density at radius 2 is 2.20 bits per heavy atom. The Morgan fingerprint density at radius 3 is 2.90 bits per heavy atom. The number of nitrogens with zero attached hydrogens (tertiary/aromatic N) is 2. The van der Waals surface area contributed by atoms with E-state index < -0.39 is 0 Å². The van der Waals surface area contributed by atoms with E-state index in [-0.39, 0.29) is 16.0 Å². The molecule has 0 amide bonds. The summed E-state index contributed by atoms with van der Waals surface area (Å²) in [4.78, 5) is 14.8. The molecule has 2 N–H and O–H groups in total. The Morgan fingerprint density at radius 1 is 1.40 bits per heavy atom. The Hall–Kier alpha value is -1.83. The summed E-state index contributed by atoms with van der Waals surface area (Å²) in [5.41, 5.74) is 7.99. The minimum absolute atomic E-state index is 0.150. The smallest absolute Gasteiger partial charge is 0.322 e. The molecule has 0 aliphatic carbocycles. The molecule has 1 atom stereocenters. The molecule has 3 aromatic rings. The van der Waals surface area contributed by atoms with Gasteiger partial charge in [0, 0.05) is 11.4 Å². The van der Waals surface area contributed by atoms with Crippen molar-refractivity contribution in [3.8, 4) is 0 Å². The van der Waals surface area contributed by atoms with Gasteiger partial charge in [-0.25, -0.2) is 4.98 Å². The molecule has 2 heterocycles. The summed E-state index contributed by atoms with van der Waals surface area (Å²) in [6.45, 7) is 0. The number of benzene rings is 1. The molecule has 0 fully saturated rings. The Kier molecular flexibility index (Phi) is 3.47. The molecule has 0 radical (unpaired) electrons. The van der Waals surface area contributed by atoms with Crippen LogP contribution < -0.4 is 5.73 Å². The highest BCUT2D eigenvalue weighted by Gasteiger charge is 2.16. The summed E-state index contributed by atoms with van der Waals surface area (Å²) in [6.07, 6.45) is 0.560. The van der Waals surface area contributed by atoms with Crippen LogP contribution in [0, 0.1) is 10.1 Å². The van der Waals surface area contributed by atoms with Crippen LogP contribution in [-0.4, -0.2) is 9.91 Å². The van der Waals surface area contributed by atoms with Crippen molar-refractivity contribution < 1.29 is 4.92 Å². The fourth-order valence-corrected chi connectivity index (χ4v) is 3.67. The van der Waals surface area contributed by atoms with Crippen LogP contribution in [0.1, 0.15) is 16.6 Å². The van der Waals surface area contributed by atoms with Gasteiger partial charge in [0.2, 0.25) is 0 Å². The summed E-state index contributed by atoms with van der Waals surface area (Å²) < 4.78 is 1.11. The number of aromatic nitrogens is 1. The fourth-order valence-electron chi connectivity index (χ4n) is 1.96. The van der Waals surface area contributed by atoms with E-state index in [1.54, 1.807) is 22.8 Å². The predicted molar refractivity (Wildman–Crippen MR) is 81.2 cm³/mol. The number of thiazole rings is 1. The van der Waals surface area contributed by atoms with Crippen molar-refractivity contribution in [2.45, 2.75) is 12.5 Å². The average Bonchev–Trinajstić information content (AvgIpc) is 3.04. The summed E-state index contributed by atoms with van der Waals surface area (Å²) in [5.74, 6) is 0. The molecule has 0 aliphatic rings. The lowest BCUT2D eigenvalue weighted by atomic mass is 10.1. The molecule has 102 valence electrons. The van der Waals surface area contributed by atoms with E-state index in [1.165, 1.54) is 0 Å². The van der Waals surface area contributed by atoms with Crippen LogP contribution in [-0.2, 0) is 6.42 Å². The largest absolute Gasteiger partial charge is 0.324 e. The number of thiophene rings is 1. The third kappa shape index (κ3) is 2.55. The zero-order valence-electron chi connectivity index (χ0n) is 10.4. The van der Waals surface area contributed by atoms with E-state index in [4.69, 9.17) is 5.73 Å². The monoisotopic (exact) mass is 305 g/mol. The third-order valence-corrected chi connectivity index (χ3v) is 5.00. The lowest BCUT2D eigenvalue weighted by Gasteiger charge is -2.05. The lowest BCUT2D eigenvalue weighted by molar-refractivity contribution is -0.380. The quantitative estimate of drug-likeness (QED) is 0.590. The van der Waals surface area contributed by atoms with Crippen LogP contribution >= 0.6 is 22.7 Å². The highest BCUT2D eigenvalue weighted by Crippen LogP contribution is 2.29. The maximum absolute atomic E-state index is 10.7. The fraction of sp³-hybridized carbons (Fsp3) is 0.154. The minimum atomic E-state index is -0.378. The first kappa shape index (κ1) is 13.2. The number of nitrogens with two attached hydrogens (primary N) is 1. The van der Waals surface area contributed by atoms with E-state index >= 15 is 0 Å². The van der Waals surface area contributed by atoms with Gasteiger partial charge < -0.3 is 5.73 Å². The molecule has 1 aromatic carbocycles. The predicted octanol–water partition coefficient (Wildman–Crippen LogP) is 3.51. The van der Waals surface area contributed by atoms with Crippen molar-refractivity contribution in [3.05, 3.63) is 56.4 Å². The number of nitro groups is 1. The molecule has 0 saturated carbocycles. The summed E-state index contributed by atoms with van der Waals surface area (Å²) >= 11 is 2.70. The topological polar surface area (TPSA) is 82.0 Å². The molecular weight excluding hydrogens is 294 g/mol. The van der Waals surface area contributed by atoms with E-state index in [2.05, 4.69) is 4.98 Å². The molecule has 7 heteroatoms.